The first kappa shape index (κ1) is 13.3. The van der Waals surface area contributed by atoms with Crippen LogP contribution in [0, 0.1) is 0 Å². The highest BCUT2D eigenvalue weighted by Gasteiger charge is 2.18. The van der Waals surface area contributed by atoms with Crippen molar-refractivity contribution in [2.75, 3.05) is 0 Å². The van der Waals surface area contributed by atoms with Gasteiger partial charge in [-0.1, -0.05) is 0 Å². The number of hydrogen-bond donors (Lipinski definition) is 4. The quantitative estimate of drug-likeness (QED) is 0.383. The minimum atomic E-state index is -1.54. The van der Waals surface area contributed by atoms with E-state index in [0.29, 0.717) is 14.7 Å². The first-order valence-corrected chi connectivity index (χ1v) is 5.39. The normalized spacial score (nSPS) is 11.9. The average Bonchev–Trinajstić information content (AvgIpc) is 2.21. The van der Waals surface area contributed by atoms with E-state index in [4.69, 9.17) is 9.84 Å². The van der Waals surface area contributed by atoms with Gasteiger partial charge in [-0.3, -0.25) is 4.79 Å². The highest BCUT2D eigenvalue weighted by atomic mass is 32.1. The van der Waals surface area contributed by atoms with Gasteiger partial charge in [0.1, 0.15) is 5.75 Å². The van der Waals surface area contributed by atoms with Crippen LogP contribution in [0.3, 0.4) is 0 Å². The second-order valence-electron chi connectivity index (χ2n) is 2.82. The average molecular weight is 276 g/mol. The Morgan fingerprint density at radius 1 is 1.31 bits per heavy atom. The van der Waals surface area contributed by atoms with E-state index in [1.54, 1.807) is 0 Å². The molecule has 4 nitrogen and oxygen atoms in total. The van der Waals surface area contributed by atoms with Crippen LogP contribution < -0.4 is 4.74 Å². The number of aliphatic carboxylic acids is 1. The van der Waals surface area contributed by atoms with E-state index in [-0.39, 0.29) is 12.0 Å². The molecule has 1 N–H and O–H groups in total. The fraction of sp³-hybridized carbons (Fsp3) is 0.111. The van der Waals surface area contributed by atoms with E-state index >= 15 is 0 Å². The Labute approximate surface area is 108 Å². The summed E-state index contributed by atoms with van der Waals surface area (Å²) < 4.78 is 4.94. The maximum atomic E-state index is 10.6. The minimum Gasteiger partial charge on any atom is -0.478 e. The monoisotopic (exact) mass is 276 g/mol. The Hall–Kier alpha value is -0.790. The summed E-state index contributed by atoms with van der Waals surface area (Å²) in [5, 5.41) is 8.62. The molecule has 0 saturated heterocycles. The van der Waals surface area contributed by atoms with Crippen LogP contribution in [-0.4, -0.2) is 23.5 Å². The van der Waals surface area contributed by atoms with Crippen LogP contribution in [0.2, 0.25) is 0 Å². The number of carboxylic acids is 1. The molecule has 0 aliphatic carbocycles. The number of ether oxygens (including phenoxy) is 1. The molecule has 0 spiro atoms. The Bertz CT molecular complexity index is 410. The zero-order chi connectivity index (χ0) is 12.3. The summed E-state index contributed by atoms with van der Waals surface area (Å²) in [7, 11) is 0. The molecule has 1 aromatic carbocycles. The number of hydrogen-bond acceptors (Lipinski definition) is 6. The summed E-state index contributed by atoms with van der Waals surface area (Å²) in [5.41, 5.74) is 0. The maximum Gasteiger partial charge on any atom is 0.352 e. The number of thiol groups is 3. The van der Waals surface area contributed by atoms with Crippen LogP contribution in [0.25, 0.3) is 0 Å². The maximum absolute atomic E-state index is 10.6. The van der Waals surface area contributed by atoms with E-state index in [1.165, 1.54) is 12.1 Å². The Morgan fingerprint density at radius 2 is 1.81 bits per heavy atom. The SMILES string of the molecule is O=CC(Oc1cc(S)c(S)c(S)c1)C(=O)O. The van der Waals surface area contributed by atoms with Crippen molar-refractivity contribution < 1.29 is 19.4 Å². The third-order valence-corrected chi connectivity index (χ3v) is 3.21. The highest BCUT2D eigenvalue weighted by molar-refractivity contribution is 7.85. The molecule has 1 atom stereocenters. The number of rotatable bonds is 4. The summed E-state index contributed by atoms with van der Waals surface area (Å²) in [4.78, 5) is 22.5. The fourth-order valence-electron chi connectivity index (χ4n) is 0.930. The molecule has 1 rings (SSSR count). The van der Waals surface area contributed by atoms with E-state index in [2.05, 4.69) is 37.9 Å². The van der Waals surface area contributed by atoms with Crippen LogP contribution in [0.5, 0.6) is 5.75 Å². The second kappa shape index (κ2) is 5.51. The van der Waals surface area contributed by atoms with E-state index in [9.17, 15) is 9.59 Å². The second-order valence-corrected chi connectivity index (χ2v) is 4.23. The molecule has 7 heteroatoms. The topological polar surface area (TPSA) is 63.6 Å². The highest BCUT2D eigenvalue weighted by Crippen LogP contribution is 2.30. The van der Waals surface area contributed by atoms with E-state index < -0.39 is 12.1 Å². The lowest BCUT2D eigenvalue weighted by Gasteiger charge is -2.11. The van der Waals surface area contributed by atoms with Gasteiger partial charge in [0.25, 0.3) is 0 Å². The van der Waals surface area contributed by atoms with Crippen molar-refractivity contribution in [1.29, 1.82) is 0 Å². The standard InChI is InChI=1S/C9H8O4S3/c10-3-5(9(11)12)13-4-1-6(14)8(16)7(15)2-4/h1-3,5,14-16H,(H,11,12). The molecule has 0 saturated carbocycles. The van der Waals surface area contributed by atoms with Gasteiger partial charge in [0, 0.05) is 14.7 Å². The van der Waals surface area contributed by atoms with E-state index in [1.807, 2.05) is 0 Å². The molecular weight excluding hydrogens is 268 g/mol. The van der Waals surface area contributed by atoms with Gasteiger partial charge in [0.15, 0.2) is 6.29 Å². The third kappa shape index (κ3) is 3.10. The molecule has 0 heterocycles. The minimum absolute atomic E-state index is 0.201. The molecule has 0 aliphatic heterocycles. The molecular formula is C9H8O4S3. The Kier molecular flexibility index (Phi) is 4.57. The summed E-state index contributed by atoms with van der Waals surface area (Å²) >= 11 is 12.3. The number of carbonyl (C=O) groups is 2. The number of carbonyl (C=O) groups excluding carboxylic acids is 1. The van der Waals surface area contributed by atoms with Crippen molar-refractivity contribution in [1.82, 2.24) is 0 Å². The Balaban J connectivity index is 2.98. The number of carboxylic acid groups (broad SMARTS) is 1. The van der Waals surface area contributed by atoms with Gasteiger partial charge in [-0.2, -0.15) is 0 Å². The largest absolute Gasteiger partial charge is 0.478 e. The molecule has 0 aromatic heterocycles. The first-order valence-electron chi connectivity index (χ1n) is 4.05. The smallest absolute Gasteiger partial charge is 0.352 e. The van der Waals surface area contributed by atoms with Crippen LogP contribution >= 0.6 is 37.9 Å². The van der Waals surface area contributed by atoms with Gasteiger partial charge < -0.3 is 9.84 Å². The molecule has 0 radical (unpaired) electrons. The molecule has 16 heavy (non-hydrogen) atoms. The van der Waals surface area contributed by atoms with Gasteiger partial charge >= 0.3 is 5.97 Å². The molecule has 0 aliphatic rings. The van der Waals surface area contributed by atoms with Gasteiger partial charge in [-0.05, 0) is 12.1 Å². The predicted octanol–water partition coefficient (Wildman–Crippen LogP) is 1.58. The molecule has 86 valence electrons. The van der Waals surface area contributed by atoms with Crippen LogP contribution in [0.15, 0.2) is 26.8 Å². The molecule has 1 aromatic rings. The number of aldehydes is 1. The summed E-state index contributed by atoms with van der Waals surface area (Å²) in [6, 6.07) is 2.93. The van der Waals surface area contributed by atoms with Crippen LogP contribution in [-0.2, 0) is 9.59 Å². The van der Waals surface area contributed by atoms with Crippen molar-refractivity contribution >= 4 is 50.1 Å². The van der Waals surface area contributed by atoms with Gasteiger partial charge in [-0.25, -0.2) is 4.79 Å². The molecule has 0 amide bonds. The predicted molar refractivity (Wildman–Crippen MR) is 66.3 cm³/mol. The van der Waals surface area contributed by atoms with Crippen molar-refractivity contribution in [2.45, 2.75) is 20.8 Å². The molecule has 0 bridgehead atoms. The fourth-order valence-corrected chi connectivity index (χ4v) is 1.64. The summed E-state index contributed by atoms with van der Waals surface area (Å²) in [6.07, 6.45) is -1.33. The van der Waals surface area contributed by atoms with Crippen molar-refractivity contribution in [3.8, 4) is 5.75 Å². The summed E-state index contributed by atoms with van der Waals surface area (Å²) in [6.45, 7) is 0. The van der Waals surface area contributed by atoms with Crippen LogP contribution in [0.1, 0.15) is 0 Å². The lowest BCUT2D eigenvalue weighted by Crippen LogP contribution is -2.28. The lowest BCUT2D eigenvalue weighted by atomic mass is 10.3. The zero-order valence-corrected chi connectivity index (χ0v) is 10.5. The van der Waals surface area contributed by atoms with E-state index in [0.717, 1.165) is 0 Å². The van der Waals surface area contributed by atoms with Crippen molar-refractivity contribution in [2.24, 2.45) is 0 Å². The molecule has 0 fully saturated rings. The molecule has 1 unspecified atom stereocenters. The summed E-state index contributed by atoms with van der Waals surface area (Å²) in [5.74, 6) is -1.15. The van der Waals surface area contributed by atoms with Crippen molar-refractivity contribution in [3.05, 3.63) is 12.1 Å². The van der Waals surface area contributed by atoms with Crippen molar-refractivity contribution in [3.63, 3.8) is 0 Å². The van der Waals surface area contributed by atoms with Crippen LogP contribution in [0.4, 0.5) is 0 Å². The Morgan fingerprint density at radius 3 is 2.19 bits per heavy atom. The lowest BCUT2D eigenvalue weighted by molar-refractivity contribution is -0.147. The first-order chi connectivity index (χ1) is 7.45. The van der Waals surface area contributed by atoms with Gasteiger partial charge in [0.05, 0.1) is 0 Å². The third-order valence-electron chi connectivity index (χ3n) is 1.67. The number of benzene rings is 1. The van der Waals surface area contributed by atoms with Gasteiger partial charge in [0.2, 0.25) is 6.10 Å². The zero-order valence-electron chi connectivity index (χ0n) is 7.82. The van der Waals surface area contributed by atoms with Gasteiger partial charge in [-0.15, -0.1) is 37.9 Å².